The number of nitrogens with zero attached hydrogens (tertiary/aromatic N) is 2. The lowest BCUT2D eigenvalue weighted by atomic mass is 9.88. The van der Waals surface area contributed by atoms with Gasteiger partial charge in [-0.2, -0.15) is 4.98 Å². The van der Waals surface area contributed by atoms with Gasteiger partial charge in [0, 0.05) is 23.7 Å². The zero-order chi connectivity index (χ0) is 18.1. The van der Waals surface area contributed by atoms with E-state index in [0.717, 1.165) is 56.4 Å². The summed E-state index contributed by atoms with van der Waals surface area (Å²) >= 11 is 6.03. The molecule has 0 aliphatic carbocycles. The van der Waals surface area contributed by atoms with Crippen molar-refractivity contribution in [3.8, 4) is 0 Å². The van der Waals surface area contributed by atoms with Crippen LogP contribution in [0.15, 0.2) is 22.6 Å². The quantitative estimate of drug-likeness (QED) is 0.861. The molecular formula is C19H25ClN4O2. The molecule has 0 saturated carbocycles. The van der Waals surface area contributed by atoms with Crippen molar-refractivity contribution < 1.29 is 9.21 Å². The second-order valence-electron chi connectivity index (χ2n) is 7.69. The van der Waals surface area contributed by atoms with E-state index in [1.54, 1.807) is 12.1 Å². The molecule has 1 amide bonds. The Balaban J connectivity index is 1.45. The Morgan fingerprint density at radius 2 is 2.23 bits per heavy atom. The van der Waals surface area contributed by atoms with E-state index in [4.69, 9.17) is 16.0 Å². The van der Waals surface area contributed by atoms with E-state index in [-0.39, 0.29) is 17.4 Å². The molecule has 1 unspecified atom stereocenters. The first-order valence-electron chi connectivity index (χ1n) is 9.36. The van der Waals surface area contributed by atoms with Gasteiger partial charge in [-0.3, -0.25) is 4.79 Å². The van der Waals surface area contributed by atoms with E-state index in [0.29, 0.717) is 17.6 Å². The third-order valence-electron chi connectivity index (χ3n) is 5.53. The Labute approximate surface area is 158 Å². The number of hydrogen-bond donors (Lipinski definition) is 2. The van der Waals surface area contributed by atoms with Crippen LogP contribution in [0, 0.1) is 5.92 Å². The number of amides is 1. The topological polar surface area (TPSA) is 70.4 Å². The number of piperidine rings is 2. The minimum atomic E-state index is -0.0982. The Bertz CT molecular complexity index is 800. The number of fused-ring (bicyclic) bond motifs is 1. The molecule has 1 aromatic heterocycles. The molecule has 0 radical (unpaired) electrons. The van der Waals surface area contributed by atoms with Gasteiger partial charge < -0.3 is 20.0 Å². The molecule has 2 fully saturated rings. The molecule has 2 aromatic rings. The number of nitrogens with one attached hydrogen (secondary N) is 2. The van der Waals surface area contributed by atoms with Gasteiger partial charge in [-0.1, -0.05) is 11.6 Å². The third-order valence-corrected chi connectivity index (χ3v) is 5.77. The Morgan fingerprint density at radius 3 is 3.04 bits per heavy atom. The van der Waals surface area contributed by atoms with Crippen molar-refractivity contribution in [1.29, 1.82) is 0 Å². The van der Waals surface area contributed by atoms with Crippen LogP contribution in [0.4, 0.5) is 6.01 Å². The highest BCUT2D eigenvalue weighted by molar-refractivity contribution is 6.31. The fourth-order valence-corrected chi connectivity index (χ4v) is 4.06. The van der Waals surface area contributed by atoms with Crippen molar-refractivity contribution >= 4 is 34.6 Å². The summed E-state index contributed by atoms with van der Waals surface area (Å²) in [5.74, 6) is 0.118. The summed E-state index contributed by atoms with van der Waals surface area (Å²) in [6.07, 6.45) is 3.81. The number of halogens is 1. The van der Waals surface area contributed by atoms with Crippen LogP contribution in [0.5, 0.6) is 0 Å². The molecule has 3 heterocycles. The number of rotatable bonds is 3. The molecule has 2 aliphatic heterocycles. The van der Waals surface area contributed by atoms with Crippen LogP contribution in [0.2, 0.25) is 5.02 Å². The first-order chi connectivity index (χ1) is 12.5. The van der Waals surface area contributed by atoms with Gasteiger partial charge in [-0.25, -0.2) is 0 Å². The van der Waals surface area contributed by atoms with Crippen LogP contribution < -0.4 is 15.5 Å². The minimum Gasteiger partial charge on any atom is -0.423 e. The molecule has 1 aromatic carbocycles. The van der Waals surface area contributed by atoms with Crippen molar-refractivity contribution in [2.45, 2.75) is 38.1 Å². The van der Waals surface area contributed by atoms with Gasteiger partial charge in [0.05, 0.1) is 5.92 Å². The monoisotopic (exact) mass is 376 g/mol. The second-order valence-corrected chi connectivity index (χ2v) is 8.13. The van der Waals surface area contributed by atoms with Gasteiger partial charge in [0.25, 0.3) is 6.01 Å². The fraction of sp³-hybridized carbons (Fsp3) is 0.579. The second kappa shape index (κ2) is 7.08. The van der Waals surface area contributed by atoms with Crippen molar-refractivity contribution in [2.24, 2.45) is 5.92 Å². The first-order valence-corrected chi connectivity index (χ1v) is 9.74. The molecule has 140 valence electrons. The van der Waals surface area contributed by atoms with Gasteiger partial charge in [-0.15, -0.1) is 0 Å². The van der Waals surface area contributed by atoms with Crippen molar-refractivity contribution in [3.63, 3.8) is 0 Å². The summed E-state index contributed by atoms with van der Waals surface area (Å²) in [6.45, 7) is 5.56. The zero-order valence-electron chi connectivity index (χ0n) is 15.1. The molecule has 7 heteroatoms. The van der Waals surface area contributed by atoms with Crippen LogP contribution in [0.1, 0.15) is 32.6 Å². The van der Waals surface area contributed by atoms with Crippen LogP contribution in [0.25, 0.3) is 11.1 Å². The van der Waals surface area contributed by atoms with Gasteiger partial charge in [0.2, 0.25) is 5.91 Å². The molecular weight excluding hydrogens is 352 g/mol. The van der Waals surface area contributed by atoms with E-state index in [1.807, 2.05) is 6.07 Å². The van der Waals surface area contributed by atoms with Crippen molar-refractivity contribution in [2.75, 3.05) is 31.1 Å². The summed E-state index contributed by atoms with van der Waals surface area (Å²) in [5.41, 5.74) is 1.37. The highest BCUT2D eigenvalue weighted by Crippen LogP contribution is 2.28. The lowest BCUT2D eigenvalue weighted by molar-refractivity contribution is -0.127. The normalized spacial score (nSPS) is 23.2. The average Bonchev–Trinajstić information content (AvgIpc) is 3.05. The molecule has 2 N–H and O–H groups in total. The van der Waals surface area contributed by atoms with E-state index < -0.39 is 0 Å². The number of oxazole rings is 1. The standard InChI is InChI=1S/C19H25ClN4O2/c1-19(6-8-21-9-7-19)23-17(25)13-3-2-10-24(12-13)18-22-15-11-14(20)4-5-16(15)26-18/h4-5,11,13,21H,2-3,6-10,12H2,1H3,(H,23,25). The summed E-state index contributed by atoms with van der Waals surface area (Å²) in [7, 11) is 0. The molecule has 0 bridgehead atoms. The minimum absolute atomic E-state index is 0.0333. The highest BCUT2D eigenvalue weighted by atomic mass is 35.5. The van der Waals surface area contributed by atoms with Crippen molar-refractivity contribution in [3.05, 3.63) is 23.2 Å². The van der Waals surface area contributed by atoms with E-state index in [9.17, 15) is 4.79 Å². The van der Waals surface area contributed by atoms with E-state index >= 15 is 0 Å². The van der Waals surface area contributed by atoms with Crippen LogP contribution in [0.3, 0.4) is 0 Å². The zero-order valence-corrected chi connectivity index (χ0v) is 15.8. The molecule has 2 aliphatic rings. The molecule has 0 spiro atoms. The van der Waals surface area contributed by atoms with Crippen LogP contribution in [-0.4, -0.2) is 42.6 Å². The molecule has 2 saturated heterocycles. The lowest BCUT2D eigenvalue weighted by Gasteiger charge is -2.38. The van der Waals surface area contributed by atoms with Crippen LogP contribution >= 0.6 is 11.6 Å². The fourth-order valence-electron chi connectivity index (χ4n) is 3.89. The van der Waals surface area contributed by atoms with Crippen molar-refractivity contribution in [1.82, 2.24) is 15.6 Å². The number of carbonyl (C=O) groups is 1. The van der Waals surface area contributed by atoms with Gasteiger partial charge in [0.1, 0.15) is 5.52 Å². The molecule has 6 nitrogen and oxygen atoms in total. The largest absolute Gasteiger partial charge is 0.423 e. The summed E-state index contributed by atoms with van der Waals surface area (Å²) in [4.78, 5) is 19.5. The predicted molar refractivity (Wildman–Crippen MR) is 103 cm³/mol. The Hall–Kier alpha value is -1.79. The Morgan fingerprint density at radius 1 is 1.42 bits per heavy atom. The maximum absolute atomic E-state index is 12.8. The van der Waals surface area contributed by atoms with Gasteiger partial charge in [0.15, 0.2) is 5.58 Å². The molecule has 1 atom stereocenters. The third kappa shape index (κ3) is 3.67. The van der Waals surface area contributed by atoms with Gasteiger partial charge in [-0.05, 0) is 63.9 Å². The maximum atomic E-state index is 12.8. The lowest BCUT2D eigenvalue weighted by Crippen LogP contribution is -2.55. The first kappa shape index (κ1) is 17.6. The number of aromatic nitrogens is 1. The average molecular weight is 377 g/mol. The summed E-state index contributed by atoms with van der Waals surface area (Å²) in [6, 6.07) is 6.01. The number of benzene rings is 1. The number of anilines is 1. The highest BCUT2D eigenvalue weighted by Gasteiger charge is 2.33. The van der Waals surface area contributed by atoms with E-state index in [2.05, 4.69) is 27.4 Å². The summed E-state index contributed by atoms with van der Waals surface area (Å²) < 4.78 is 5.88. The molecule has 4 rings (SSSR count). The predicted octanol–water partition coefficient (Wildman–Crippen LogP) is 2.96. The van der Waals surface area contributed by atoms with E-state index in [1.165, 1.54) is 0 Å². The number of hydrogen-bond acceptors (Lipinski definition) is 5. The number of carbonyl (C=O) groups excluding carboxylic acids is 1. The maximum Gasteiger partial charge on any atom is 0.298 e. The SMILES string of the molecule is CC1(NC(=O)C2CCCN(c3nc4cc(Cl)ccc4o3)C2)CCNCC1. The molecule has 26 heavy (non-hydrogen) atoms. The Kier molecular flexibility index (Phi) is 4.80. The van der Waals surface area contributed by atoms with Gasteiger partial charge >= 0.3 is 0 Å². The smallest absolute Gasteiger partial charge is 0.298 e. The van der Waals surface area contributed by atoms with Crippen LogP contribution in [-0.2, 0) is 4.79 Å². The summed E-state index contributed by atoms with van der Waals surface area (Å²) in [5, 5.41) is 7.29.